The maximum absolute atomic E-state index is 8.87. The van der Waals surface area contributed by atoms with Crippen molar-refractivity contribution in [1.82, 2.24) is 9.97 Å². The molecule has 0 saturated heterocycles. The van der Waals surface area contributed by atoms with Crippen molar-refractivity contribution < 1.29 is 5.11 Å². The lowest BCUT2D eigenvalue weighted by Crippen LogP contribution is -1.89. The van der Waals surface area contributed by atoms with Gasteiger partial charge >= 0.3 is 0 Å². The predicted molar refractivity (Wildman–Crippen MR) is 55.1 cm³/mol. The van der Waals surface area contributed by atoms with Gasteiger partial charge in [-0.05, 0) is 12.1 Å². The normalized spacial score (nSPS) is 10.4. The van der Waals surface area contributed by atoms with Crippen LogP contribution in [0.3, 0.4) is 0 Å². The number of pyridine rings is 1. The fourth-order valence-electron chi connectivity index (χ4n) is 1.16. The zero-order valence-electron chi connectivity index (χ0n) is 7.55. The number of hydrogen-bond donors (Lipinski definition) is 1. The molecule has 2 aromatic heterocycles. The summed E-state index contributed by atoms with van der Waals surface area (Å²) in [5.41, 5.74) is 1.01. The molecule has 0 aliphatic rings. The molecule has 0 atom stereocenters. The SMILES string of the molecule is OCc1cnc(Cc2ccccn2)s1. The zero-order chi connectivity index (χ0) is 9.80. The molecule has 0 bridgehead atoms. The smallest absolute Gasteiger partial charge is 0.0988 e. The van der Waals surface area contributed by atoms with Crippen molar-refractivity contribution in [2.75, 3.05) is 0 Å². The second-order valence-corrected chi connectivity index (χ2v) is 4.08. The first kappa shape index (κ1) is 9.30. The average molecular weight is 206 g/mol. The third-order valence-electron chi connectivity index (χ3n) is 1.82. The van der Waals surface area contributed by atoms with Crippen molar-refractivity contribution >= 4 is 11.3 Å². The van der Waals surface area contributed by atoms with Crippen molar-refractivity contribution in [1.29, 1.82) is 0 Å². The summed E-state index contributed by atoms with van der Waals surface area (Å²) in [5.74, 6) is 0. The van der Waals surface area contributed by atoms with Gasteiger partial charge in [0, 0.05) is 24.5 Å². The molecule has 4 heteroatoms. The van der Waals surface area contributed by atoms with E-state index in [1.807, 2.05) is 18.2 Å². The summed E-state index contributed by atoms with van der Waals surface area (Å²) in [5, 5.41) is 9.87. The van der Waals surface area contributed by atoms with E-state index in [9.17, 15) is 0 Å². The van der Waals surface area contributed by atoms with E-state index in [1.54, 1.807) is 12.4 Å². The number of rotatable bonds is 3. The Morgan fingerprint density at radius 3 is 2.86 bits per heavy atom. The average Bonchev–Trinajstić information content (AvgIpc) is 2.67. The monoisotopic (exact) mass is 206 g/mol. The molecule has 1 N–H and O–H groups in total. The highest BCUT2D eigenvalue weighted by Gasteiger charge is 2.02. The van der Waals surface area contributed by atoms with Crippen LogP contribution < -0.4 is 0 Å². The highest BCUT2D eigenvalue weighted by atomic mass is 32.1. The van der Waals surface area contributed by atoms with Gasteiger partial charge in [-0.3, -0.25) is 4.98 Å². The van der Waals surface area contributed by atoms with Gasteiger partial charge < -0.3 is 5.11 Å². The van der Waals surface area contributed by atoms with Crippen LogP contribution in [0.25, 0.3) is 0 Å². The number of nitrogens with zero attached hydrogens (tertiary/aromatic N) is 2. The third-order valence-corrected chi connectivity index (χ3v) is 2.80. The van der Waals surface area contributed by atoms with Crippen molar-refractivity contribution in [2.45, 2.75) is 13.0 Å². The fourth-order valence-corrected chi connectivity index (χ4v) is 1.96. The standard InChI is InChI=1S/C10H10N2OS/c13-7-9-6-12-10(14-9)5-8-3-1-2-4-11-8/h1-4,6,13H,5,7H2. The topological polar surface area (TPSA) is 46.0 Å². The maximum atomic E-state index is 8.87. The quantitative estimate of drug-likeness (QED) is 0.830. The summed E-state index contributed by atoms with van der Waals surface area (Å²) in [6, 6.07) is 5.83. The molecule has 0 amide bonds. The molecule has 0 aliphatic heterocycles. The van der Waals surface area contributed by atoms with E-state index in [2.05, 4.69) is 9.97 Å². The molecule has 2 heterocycles. The third kappa shape index (κ3) is 2.16. The van der Waals surface area contributed by atoms with Crippen LogP contribution in [0.2, 0.25) is 0 Å². The number of aliphatic hydroxyl groups is 1. The van der Waals surface area contributed by atoms with Gasteiger partial charge in [-0.1, -0.05) is 6.07 Å². The molecule has 0 unspecified atom stereocenters. The first-order chi connectivity index (χ1) is 6.88. The van der Waals surface area contributed by atoms with Crippen LogP contribution in [0, 0.1) is 0 Å². The molecular weight excluding hydrogens is 196 g/mol. The van der Waals surface area contributed by atoms with E-state index < -0.39 is 0 Å². The van der Waals surface area contributed by atoms with Crippen LogP contribution in [0.5, 0.6) is 0 Å². The molecule has 0 saturated carbocycles. The van der Waals surface area contributed by atoms with Crippen LogP contribution in [0.15, 0.2) is 30.6 Å². The van der Waals surface area contributed by atoms with E-state index in [4.69, 9.17) is 5.11 Å². The molecule has 0 spiro atoms. The summed E-state index contributed by atoms with van der Waals surface area (Å²) in [4.78, 5) is 9.31. The largest absolute Gasteiger partial charge is 0.391 e. The van der Waals surface area contributed by atoms with E-state index in [0.29, 0.717) is 0 Å². The Hall–Kier alpha value is -1.26. The van der Waals surface area contributed by atoms with Gasteiger partial charge in [0.05, 0.1) is 16.5 Å². The van der Waals surface area contributed by atoms with E-state index in [0.717, 1.165) is 22.0 Å². The summed E-state index contributed by atoms with van der Waals surface area (Å²) in [6.45, 7) is 0.0693. The Bertz CT molecular complexity index is 400. The van der Waals surface area contributed by atoms with Crippen molar-refractivity contribution in [3.63, 3.8) is 0 Å². The number of thiazole rings is 1. The lowest BCUT2D eigenvalue weighted by Gasteiger charge is -1.94. The van der Waals surface area contributed by atoms with Crippen LogP contribution in [-0.2, 0) is 13.0 Å². The van der Waals surface area contributed by atoms with E-state index >= 15 is 0 Å². The van der Waals surface area contributed by atoms with Crippen LogP contribution in [0.4, 0.5) is 0 Å². The molecule has 14 heavy (non-hydrogen) atoms. The Labute approximate surface area is 86.1 Å². The molecule has 2 aromatic rings. The van der Waals surface area contributed by atoms with Gasteiger partial charge in [-0.25, -0.2) is 4.98 Å². The summed E-state index contributed by atoms with van der Waals surface area (Å²) >= 11 is 1.53. The minimum absolute atomic E-state index is 0.0693. The highest BCUT2D eigenvalue weighted by molar-refractivity contribution is 7.11. The minimum atomic E-state index is 0.0693. The second kappa shape index (κ2) is 4.30. The van der Waals surface area contributed by atoms with E-state index in [-0.39, 0.29) is 6.61 Å². The molecule has 2 rings (SSSR count). The molecule has 3 nitrogen and oxygen atoms in total. The summed E-state index contributed by atoms with van der Waals surface area (Å²) in [7, 11) is 0. The van der Waals surface area contributed by atoms with Gasteiger partial charge in [-0.2, -0.15) is 0 Å². The number of hydrogen-bond acceptors (Lipinski definition) is 4. The molecular formula is C10H10N2OS. The Balaban J connectivity index is 2.11. The van der Waals surface area contributed by atoms with Gasteiger partial charge in [0.2, 0.25) is 0 Å². The number of aliphatic hydroxyl groups excluding tert-OH is 1. The van der Waals surface area contributed by atoms with Gasteiger partial charge in [0.25, 0.3) is 0 Å². The first-order valence-electron chi connectivity index (χ1n) is 4.33. The molecule has 0 fully saturated rings. The predicted octanol–water partition coefficient (Wildman–Crippen LogP) is 1.62. The maximum Gasteiger partial charge on any atom is 0.0988 e. The van der Waals surface area contributed by atoms with Crippen molar-refractivity contribution in [3.05, 3.63) is 46.2 Å². The molecule has 0 aliphatic carbocycles. The second-order valence-electron chi connectivity index (χ2n) is 2.88. The summed E-state index contributed by atoms with van der Waals surface area (Å²) < 4.78 is 0. The Morgan fingerprint density at radius 1 is 1.29 bits per heavy atom. The Kier molecular flexibility index (Phi) is 2.86. The van der Waals surface area contributed by atoms with Crippen molar-refractivity contribution in [2.24, 2.45) is 0 Å². The molecule has 72 valence electrons. The lowest BCUT2D eigenvalue weighted by molar-refractivity contribution is 0.285. The molecule has 0 radical (unpaired) electrons. The van der Waals surface area contributed by atoms with Gasteiger partial charge in [0.15, 0.2) is 0 Å². The zero-order valence-corrected chi connectivity index (χ0v) is 8.37. The minimum Gasteiger partial charge on any atom is -0.391 e. The first-order valence-corrected chi connectivity index (χ1v) is 5.14. The van der Waals surface area contributed by atoms with Crippen LogP contribution in [0.1, 0.15) is 15.6 Å². The lowest BCUT2D eigenvalue weighted by atomic mass is 10.3. The molecule has 0 aromatic carbocycles. The van der Waals surface area contributed by atoms with Gasteiger partial charge in [-0.15, -0.1) is 11.3 Å². The highest BCUT2D eigenvalue weighted by Crippen LogP contribution is 2.15. The van der Waals surface area contributed by atoms with Crippen LogP contribution >= 0.6 is 11.3 Å². The van der Waals surface area contributed by atoms with Crippen LogP contribution in [-0.4, -0.2) is 15.1 Å². The number of aromatic nitrogens is 2. The van der Waals surface area contributed by atoms with E-state index in [1.165, 1.54) is 11.3 Å². The Morgan fingerprint density at radius 2 is 2.21 bits per heavy atom. The summed E-state index contributed by atoms with van der Waals surface area (Å²) in [6.07, 6.45) is 4.23. The fraction of sp³-hybridized carbons (Fsp3) is 0.200. The van der Waals surface area contributed by atoms with Crippen molar-refractivity contribution in [3.8, 4) is 0 Å². The van der Waals surface area contributed by atoms with Gasteiger partial charge in [0.1, 0.15) is 0 Å².